The van der Waals surface area contributed by atoms with Crippen molar-refractivity contribution < 1.29 is 13.6 Å². The quantitative estimate of drug-likeness (QED) is 0.441. The number of carbonyl (C=O) groups excluding carboxylic acids is 1. The molecule has 1 saturated carbocycles. The highest BCUT2D eigenvalue weighted by Gasteiger charge is 2.52. The summed E-state index contributed by atoms with van der Waals surface area (Å²) in [5.41, 5.74) is 4.75. The van der Waals surface area contributed by atoms with Crippen molar-refractivity contribution >= 4 is 45.6 Å². The smallest absolute Gasteiger partial charge is 0.257 e. The van der Waals surface area contributed by atoms with E-state index in [0.717, 1.165) is 39.5 Å². The Morgan fingerprint density at radius 2 is 1.79 bits per heavy atom. The van der Waals surface area contributed by atoms with Crippen molar-refractivity contribution in [2.24, 2.45) is 11.3 Å². The molecular formula is C26H30F2IN3O. The molecule has 0 bridgehead atoms. The van der Waals surface area contributed by atoms with E-state index in [0.29, 0.717) is 29.8 Å². The molecule has 2 aliphatic heterocycles. The first-order valence-electron chi connectivity index (χ1n) is 11.7. The Balaban J connectivity index is 1.35. The zero-order chi connectivity index (χ0) is 23.4. The third-order valence-electron chi connectivity index (χ3n) is 7.66. The van der Waals surface area contributed by atoms with Crippen molar-refractivity contribution in [3.63, 3.8) is 0 Å². The Hall–Kier alpha value is -1.90. The molecule has 176 valence electrons. The predicted octanol–water partition coefficient (Wildman–Crippen LogP) is 6.32. The number of aryl methyl sites for hydroxylation is 1. The normalized spacial score (nSPS) is 26.0. The van der Waals surface area contributed by atoms with Gasteiger partial charge in [0.15, 0.2) is 0 Å². The van der Waals surface area contributed by atoms with Crippen molar-refractivity contribution in [2.75, 3.05) is 41.3 Å². The van der Waals surface area contributed by atoms with Gasteiger partial charge in [-0.05, 0) is 95.7 Å². The molecule has 33 heavy (non-hydrogen) atoms. The number of piperidine rings is 2. The van der Waals surface area contributed by atoms with E-state index >= 15 is 0 Å². The van der Waals surface area contributed by atoms with Crippen LogP contribution >= 0.6 is 22.6 Å². The maximum Gasteiger partial charge on any atom is 0.257 e. The average molecular weight is 565 g/mol. The summed E-state index contributed by atoms with van der Waals surface area (Å²) >= 11 is 2.30. The number of carbonyl (C=O) groups is 1. The Labute approximate surface area is 207 Å². The van der Waals surface area contributed by atoms with Crippen molar-refractivity contribution in [2.45, 2.75) is 45.5 Å². The van der Waals surface area contributed by atoms with Crippen LogP contribution in [0.25, 0.3) is 0 Å². The number of amides is 1. The molecule has 2 heterocycles. The zero-order valence-electron chi connectivity index (χ0n) is 19.1. The highest BCUT2D eigenvalue weighted by atomic mass is 127. The number of anilines is 3. The van der Waals surface area contributed by atoms with E-state index in [1.165, 1.54) is 12.8 Å². The van der Waals surface area contributed by atoms with Gasteiger partial charge >= 0.3 is 0 Å². The lowest BCUT2D eigenvalue weighted by molar-refractivity contribution is -0.0220. The molecule has 7 heteroatoms. The highest BCUT2D eigenvalue weighted by Crippen LogP contribution is 2.57. The Morgan fingerprint density at radius 1 is 1.06 bits per heavy atom. The summed E-state index contributed by atoms with van der Waals surface area (Å²) in [5.74, 6) is -1.99. The van der Waals surface area contributed by atoms with Crippen LogP contribution in [0.15, 0.2) is 36.4 Å². The molecule has 5 rings (SSSR count). The molecule has 4 nitrogen and oxygen atoms in total. The highest BCUT2D eigenvalue weighted by molar-refractivity contribution is 14.1. The van der Waals surface area contributed by atoms with E-state index in [9.17, 15) is 13.6 Å². The van der Waals surface area contributed by atoms with Gasteiger partial charge in [-0.1, -0.05) is 6.92 Å². The number of alkyl halides is 2. The van der Waals surface area contributed by atoms with Crippen molar-refractivity contribution in [1.82, 2.24) is 0 Å². The van der Waals surface area contributed by atoms with Crippen molar-refractivity contribution in [1.29, 1.82) is 0 Å². The standard InChI is InChI=1S/C26H30F2IN3O/c1-17-11-20(14-21(12-17)31-9-6-26(27,28)7-10-31)30-24(33)22-4-3-19(29)13-23(22)32-8-5-25(2)15-18(25)16-32/h3-4,11-14,18H,5-10,15-16H2,1-2H3,(H,30,33). The van der Waals surface area contributed by atoms with E-state index in [1.54, 1.807) is 0 Å². The van der Waals surface area contributed by atoms with Gasteiger partial charge in [0.25, 0.3) is 11.8 Å². The van der Waals surface area contributed by atoms with E-state index in [2.05, 4.69) is 45.8 Å². The number of hydrogen-bond donors (Lipinski definition) is 1. The van der Waals surface area contributed by atoms with Gasteiger partial charge in [-0.25, -0.2) is 8.78 Å². The number of benzene rings is 2. The number of rotatable bonds is 4. The van der Waals surface area contributed by atoms with E-state index in [-0.39, 0.29) is 18.7 Å². The maximum absolute atomic E-state index is 13.6. The summed E-state index contributed by atoms with van der Waals surface area (Å²) in [6, 6.07) is 11.8. The maximum atomic E-state index is 13.6. The first-order chi connectivity index (χ1) is 15.6. The number of nitrogens with zero attached hydrogens (tertiary/aromatic N) is 2. The summed E-state index contributed by atoms with van der Waals surface area (Å²) in [5, 5.41) is 3.08. The van der Waals surface area contributed by atoms with Gasteiger partial charge in [-0.2, -0.15) is 0 Å². The summed E-state index contributed by atoms with van der Waals surface area (Å²) in [6.07, 6.45) is 2.18. The number of fused-ring (bicyclic) bond motifs is 1. The van der Waals surface area contributed by atoms with Crippen LogP contribution in [0.3, 0.4) is 0 Å². The van der Waals surface area contributed by atoms with Gasteiger partial charge in [0, 0.05) is 54.0 Å². The lowest BCUT2D eigenvalue weighted by atomic mass is 9.96. The number of halogens is 3. The summed E-state index contributed by atoms with van der Waals surface area (Å²) in [6.45, 7) is 6.96. The monoisotopic (exact) mass is 565 g/mol. The molecule has 2 atom stereocenters. The van der Waals surface area contributed by atoms with Gasteiger partial charge in [-0.3, -0.25) is 4.79 Å². The molecule has 2 aromatic rings. The van der Waals surface area contributed by atoms with Crippen LogP contribution < -0.4 is 15.1 Å². The van der Waals surface area contributed by atoms with E-state index < -0.39 is 5.92 Å². The minimum absolute atomic E-state index is 0.132. The SMILES string of the molecule is Cc1cc(NC(=O)c2ccc(I)cc2N2CCC3(C)CC3C2)cc(N2CCC(F)(F)CC2)c1. The largest absolute Gasteiger partial charge is 0.371 e. The third kappa shape index (κ3) is 4.84. The van der Waals surface area contributed by atoms with Crippen LogP contribution in [0.2, 0.25) is 0 Å². The van der Waals surface area contributed by atoms with Crippen LogP contribution in [0.4, 0.5) is 25.8 Å². The van der Waals surface area contributed by atoms with Crippen LogP contribution in [0, 0.1) is 21.8 Å². The van der Waals surface area contributed by atoms with Gasteiger partial charge in [0.2, 0.25) is 0 Å². The lowest BCUT2D eigenvalue weighted by Gasteiger charge is -2.34. The molecule has 3 fully saturated rings. The molecule has 1 aliphatic carbocycles. The van der Waals surface area contributed by atoms with E-state index in [4.69, 9.17) is 0 Å². The Morgan fingerprint density at radius 3 is 2.52 bits per heavy atom. The Kier molecular flexibility index (Phi) is 5.82. The molecule has 2 saturated heterocycles. The number of nitrogens with one attached hydrogen (secondary N) is 1. The third-order valence-corrected chi connectivity index (χ3v) is 8.33. The molecular weight excluding hydrogens is 535 g/mol. The zero-order valence-corrected chi connectivity index (χ0v) is 21.3. The Bertz CT molecular complexity index is 1080. The topological polar surface area (TPSA) is 35.6 Å². The first-order valence-corrected chi connectivity index (χ1v) is 12.8. The molecule has 1 amide bonds. The van der Waals surface area contributed by atoms with Gasteiger partial charge < -0.3 is 15.1 Å². The molecule has 1 N–H and O–H groups in total. The van der Waals surface area contributed by atoms with Crippen LogP contribution in [0.1, 0.15) is 48.5 Å². The van der Waals surface area contributed by atoms with Crippen molar-refractivity contribution in [3.05, 3.63) is 51.1 Å². The lowest BCUT2D eigenvalue weighted by Crippen LogP contribution is -2.39. The van der Waals surface area contributed by atoms with Crippen LogP contribution in [-0.4, -0.2) is 38.0 Å². The molecule has 2 aromatic carbocycles. The van der Waals surface area contributed by atoms with E-state index in [1.807, 2.05) is 42.2 Å². The summed E-state index contributed by atoms with van der Waals surface area (Å²) < 4.78 is 28.3. The second-order valence-corrected chi connectivity index (χ2v) is 11.5. The predicted molar refractivity (Wildman–Crippen MR) is 138 cm³/mol. The second kappa shape index (κ2) is 8.40. The minimum Gasteiger partial charge on any atom is -0.371 e. The van der Waals surface area contributed by atoms with Crippen molar-refractivity contribution in [3.8, 4) is 0 Å². The average Bonchev–Trinajstić information content (AvgIpc) is 3.43. The molecule has 3 aliphatic rings. The summed E-state index contributed by atoms with van der Waals surface area (Å²) in [7, 11) is 0. The number of hydrogen-bond acceptors (Lipinski definition) is 3. The van der Waals surface area contributed by atoms with Crippen LogP contribution in [-0.2, 0) is 0 Å². The molecule has 0 radical (unpaired) electrons. The first kappa shape index (κ1) is 22.9. The second-order valence-electron chi connectivity index (χ2n) is 10.3. The van der Waals surface area contributed by atoms with Gasteiger partial charge in [0.1, 0.15) is 0 Å². The van der Waals surface area contributed by atoms with Crippen LogP contribution in [0.5, 0.6) is 0 Å². The fourth-order valence-corrected chi connectivity index (χ4v) is 5.80. The summed E-state index contributed by atoms with van der Waals surface area (Å²) in [4.78, 5) is 17.7. The van der Waals surface area contributed by atoms with Gasteiger partial charge in [0.05, 0.1) is 11.3 Å². The fraction of sp³-hybridized carbons (Fsp3) is 0.500. The molecule has 2 unspecified atom stereocenters. The molecule has 0 aromatic heterocycles. The fourth-order valence-electron chi connectivity index (χ4n) is 5.33. The minimum atomic E-state index is -2.58. The van der Waals surface area contributed by atoms with Gasteiger partial charge in [-0.15, -0.1) is 0 Å². The molecule has 0 spiro atoms.